The molecule has 2 aliphatic rings. The number of benzene rings is 5. The van der Waals surface area contributed by atoms with Gasteiger partial charge in [-0.25, -0.2) is 0 Å². The predicted molar refractivity (Wildman–Crippen MR) is 193 cm³/mol. The summed E-state index contributed by atoms with van der Waals surface area (Å²) in [5.74, 6) is 0. The van der Waals surface area contributed by atoms with Crippen molar-refractivity contribution >= 4 is 49.1 Å². The Morgan fingerprint density at radius 2 is 0.913 bits per heavy atom. The second-order valence-corrected chi connectivity index (χ2v) is 20.4. The number of thioether (sulfide) groups is 1. The van der Waals surface area contributed by atoms with Gasteiger partial charge in [0.1, 0.15) is 23.7 Å². The minimum absolute atomic E-state index is 0.196. The first-order valence-electron chi connectivity index (χ1n) is 16.1. The summed E-state index contributed by atoms with van der Waals surface area (Å²) < 4.78 is 28.8. The molecule has 0 N–H and O–H groups in total. The number of hydrogen-bond donors (Lipinski definition) is 0. The van der Waals surface area contributed by atoms with Gasteiger partial charge in [0.15, 0.2) is 0 Å². The maximum atomic E-state index is 7.80. The van der Waals surface area contributed by atoms with Gasteiger partial charge in [-0.2, -0.15) is 0 Å². The van der Waals surface area contributed by atoms with Gasteiger partial charge in [-0.15, -0.1) is 0 Å². The van der Waals surface area contributed by atoms with E-state index in [9.17, 15) is 0 Å². The van der Waals surface area contributed by atoms with E-state index in [1.54, 1.807) is 18.9 Å². The molecular weight excluding hydrogens is 621 g/mol. The normalized spacial score (nSPS) is 25.5. The van der Waals surface area contributed by atoms with Crippen LogP contribution in [0.1, 0.15) is 6.92 Å². The molecule has 4 nitrogen and oxygen atoms in total. The summed E-state index contributed by atoms with van der Waals surface area (Å²) in [4.78, 5) is 1.14. The number of ether oxygens (including phenoxy) is 2. The van der Waals surface area contributed by atoms with Crippen molar-refractivity contribution < 1.29 is 18.3 Å². The molecule has 2 heterocycles. The Kier molecular flexibility index (Phi) is 9.42. The Morgan fingerprint density at radius 3 is 1.30 bits per heavy atom. The van der Waals surface area contributed by atoms with E-state index in [0.717, 1.165) is 17.0 Å². The Labute approximate surface area is 279 Å². The van der Waals surface area contributed by atoms with Crippen molar-refractivity contribution in [3.8, 4) is 0 Å². The monoisotopic (exact) mass is 660 g/mol. The van der Waals surface area contributed by atoms with Crippen LogP contribution in [-0.2, 0) is 18.3 Å². The average Bonchev–Trinajstić information content (AvgIpc) is 3.11. The fourth-order valence-corrected chi connectivity index (χ4v) is 18.3. The molecule has 0 unspecified atom stereocenters. The highest BCUT2D eigenvalue weighted by Crippen LogP contribution is 2.41. The largest absolute Gasteiger partial charge is 0.399 e. The van der Waals surface area contributed by atoms with Crippen LogP contribution in [-0.4, -0.2) is 53.6 Å². The number of methoxy groups -OCH3 is 1. The standard InChI is InChI=1S/C39H40O4SSi2/c1-30-36(40-2)37-38(39(41-30)44-31-18-8-3-9-19-31)43-46(34-24-14-6-15-25-34,35-26-16-7-17-27-35)29-28-45(42-37,32-20-10-4-11-21-32)33-22-12-5-13-23-33/h3-27,30,36-39H,28-29H2,1-2H3/t30-,36-,37+,38-,39-/m0/s1. The summed E-state index contributed by atoms with van der Waals surface area (Å²) in [5, 5.41) is 5.07. The van der Waals surface area contributed by atoms with E-state index in [2.05, 4.69) is 159 Å². The highest BCUT2D eigenvalue weighted by atomic mass is 32.2. The topological polar surface area (TPSA) is 36.9 Å². The molecular formula is C39H40O4SSi2. The third-order valence-corrected chi connectivity index (χ3v) is 19.4. The van der Waals surface area contributed by atoms with E-state index in [0.29, 0.717) is 0 Å². The Balaban J connectivity index is 1.48. The molecule has 46 heavy (non-hydrogen) atoms. The third kappa shape index (κ3) is 5.97. The maximum absolute atomic E-state index is 7.80. The first kappa shape index (κ1) is 31.3. The zero-order chi connectivity index (χ0) is 31.4. The molecule has 5 aromatic carbocycles. The highest BCUT2D eigenvalue weighted by Gasteiger charge is 2.58. The second kappa shape index (κ2) is 13.8. The van der Waals surface area contributed by atoms with Crippen LogP contribution in [0, 0.1) is 0 Å². The van der Waals surface area contributed by atoms with Crippen molar-refractivity contribution in [2.45, 2.75) is 53.8 Å². The molecule has 0 aromatic heterocycles. The molecule has 0 amide bonds. The fourth-order valence-electron chi connectivity index (χ4n) is 7.23. The lowest BCUT2D eigenvalue weighted by molar-refractivity contribution is -0.191. The SMILES string of the molecule is CO[C@@H]1[C@H]2O[Si](c3ccccc3)(c3ccccc3)CC[Si](c3ccccc3)(c3ccccc3)O[C@@H]2[C@H](Sc2ccccc2)O[C@H]1C. The predicted octanol–water partition coefficient (Wildman–Crippen LogP) is 5.84. The van der Waals surface area contributed by atoms with Crippen molar-refractivity contribution in [3.63, 3.8) is 0 Å². The van der Waals surface area contributed by atoms with E-state index in [1.807, 2.05) is 0 Å². The van der Waals surface area contributed by atoms with E-state index in [-0.39, 0.29) is 23.7 Å². The molecule has 0 spiro atoms. The average molecular weight is 661 g/mol. The molecule has 2 aliphatic heterocycles. The van der Waals surface area contributed by atoms with Gasteiger partial charge in [0, 0.05) is 12.0 Å². The quantitative estimate of drug-likeness (QED) is 0.205. The summed E-state index contributed by atoms with van der Waals surface area (Å²) >= 11 is 1.72. The van der Waals surface area contributed by atoms with Crippen LogP contribution in [0.4, 0.5) is 0 Å². The molecule has 0 aliphatic carbocycles. The molecule has 0 saturated carbocycles. The minimum atomic E-state index is -2.90. The van der Waals surface area contributed by atoms with Crippen molar-refractivity contribution in [1.82, 2.24) is 0 Å². The van der Waals surface area contributed by atoms with Gasteiger partial charge in [-0.3, -0.25) is 0 Å². The van der Waals surface area contributed by atoms with Gasteiger partial charge in [0.25, 0.3) is 16.6 Å². The van der Waals surface area contributed by atoms with Crippen molar-refractivity contribution in [3.05, 3.63) is 152 Å². The number of rotatable bonds is 7. The Bertz CT molecular complexity index is 1600. The van der Waals surface area contributed by atoms with Gasteiger partial charge in [-0.05, 0) is 51.9 Å². The van der Waals surface area contributed by atoms with Crippen molar-refractivity contribution in [2.24, 2.45) is 0 Å². The van der Waals surface area contributed by atoms with Crippen LogP contribution in [0.25, 0.3) is 0 Å². The summed E-state index contributed by atoms with van der Waals surface area (Å²) in [6.45, 7) is 2.11. The zero-order valence-corrected chi connectivity index (χ0v) is 29.1. The van der Waals surface area contributed by atoms with Crippen LogP contribution < -0.4 is 20.7 Å². The van der Waals surface area contributed by atoms with Gasteiger partial charge in [-0.1, -0.05) is 151 Å². The summed E-state index contributed by atoms with van der Waals surface area (Å²) in [5.41, 5.74) is -0.301. The lowest BCUT2D eigenvalue weighted by Gasteiger charge is -2.53. The molecule has 5 aromatic rings. The molecule has 0 radical (unpaired) electrons. The lowest BCUT2D eigenvalue weighted by atomic mass is 10.0. The van der Waals surface area contributed by atoms with Gasteiger partial charge in [0.2, 0.25) is 0 Å². The third-order valence-electron chi connectivity index (χ3n) is 9.46. The summed E-state index contributed by atoms with van der Waals surface area (Å²) in [6, 6.07) is 56.0. The molecule has 7 heteroatoms. The van der Waals surface area contributed by atoms with Crippen LogP contribution in [0.5, 0.6) is 0 Å². The first-order valence-corrected chi connectivity index (χ1v) is 21.2. The van der Waals surface area contributed by atoms with E-state index in [1.165, 1.54) is 20.7 Å². The molecule has 2 saturated heterocycles. The van der Waals surface area contributed by atoms with Crippen molar-refractivity contribution in [1.29, 1.82) is 0 Å². The van der Waals surface area contributed by atoms with E-state index in [4.69, 9.17) is 18.3 Å². The molecule has 2 fully saturated rings. The highest BCUT2D eigenvalue weighted by molar-refractivity contribution is 7.99. The molecule has 7 rings (SSSR count). The van der Waals surface area contributed by atoms with Crippen LogP contribution in [0.2, 0.25) is 12.1 Å². The van der Waals surface area contributed by atoms with Crippen LogP contribution in [0.3, 0.4) is 0 Å². The molecule has 234 valence electrons. The van der Waals surface area contributed by atoms with Crippen LogP contribution >= 0.6 is 11.8 Å². The van der Waals surface area contributed by atoms with E-state index >= 15 is 0 Å². The summed E-state index contributed by atoms with van der Waals surface area (Å²) in [6.07, 6.45) is -1.26. The smallest absolute Gasteiger partial charge is 0.256 e. The molecule has 0 bridgehead atoms. The van der Waals surface area contributed by atoms with Gasteiger partial charge < -0.3 is 18.3 Å². The fraction of sp³-hybridized carbons (Fsp3) is 0.231. The summed E-state index contributed by atoms with van der Waals surface area (Å²) in [7, 11) is -4.00. The van der Waals surface area contributed by atoms with Gasteiger partial charge >= 0.3 is 0 Å². The number of fused-ring (bicyclic) bond motifs is 1. The Morgan fingerprint density at radius 1 is 0.543 bits per heavy atom. The second-order valence-electron chi connectivity index (χ2n) is 12.1. The van der Waals surface area contributed by atoms with Crippen LogP contribution in [0.15, 0.2) is 157 Å². The van der Waals surface area contributed by atoms with Crippen molar-refractivity contribution in [2.75, 3.05) is 7.11 Å². The van der Waals surface area contributed by atoms with E-state index < -0.39 is 22.7 Å². The minimum Gasteiger partial charge on any atom is -0.399 e. The lowest BCUT2D eigenvalue weighted by Crippen LogP contribution is -2.74. The molecule has 5 atom stereocenters. The maximum Gasteiger partial charge on any atom is 0.256 e. The first-order chi connectivity index (χ1) is 22.6. The van der Waals surface area contributed by atoms with Gasteiger partial charge in [0.05, 0.1) is 6.10 Å². The Hall–Kier alpha value is -3.28. The number of hydrogen-bond acceptors (Lipinski definition) is 5. The zero-order valence-electron chi connectivity index (χ0n) is 26.3.